The van der Waals surface area contributed by atoms with E-state index in [0.29, 0.717) is 12.8 Å². The third kappa shape index (κ3) is 2.38. The summed E-state index contributed by atoms with van der Waals surface area (Å²) in [5, 5.41) is 20.2. The van der Waals surface area contributed by atoms with Gasteiger partial charge >= 0.3 is 6.09 Å². The molecule has 1 fully saturated rings. The predicted molar refractivity (Wildman–Crippen MR) is 39.4 cm³/mol. The average Bonchev–Trinajstić information content (AvgIpc) is 2.08. The van der Waals surface area contributed by atoms with Crippen LogP contribution < -0.4 is 5.32 Å². The Bertz CT molecular complexity index is 167. The van der Waals surface area contributed by atoms with Crippen LogP contribution in [0.4, 0.5) is 4.79 Å². The van der Waals surface area contributed by atoms with Crippen LogP contribution in [-0.2, 0) is 0 Å². The molecule has 64 valence electrons. The summed E-state index contributed by atoms with van der Waals surface area (Å²) in [7, 11) is 0. The van der Waals surface area contributed by atoms with E-state index in [1.54, 1.807) is 6.92 Å². The van der Waals surface area contributed by atoms with Crippen molar-refractivity contribution in [1.29, 1.82) is 0 Å². The third-order valence-corrected chi connectivity index (χ3v) is 2.05. The fourth-order valence-corrected chi connectivity index (χ4v) is 1.52. The molecule has 0 radical (unpaired) electrons. The Labute approximate surface area is 65.2 Å². The number of aliphatic hydroxyl groups is 1. The molecule has 0 aliphatic heterocycles. The molecule has 0 heterocycles. The van der Waals surface area contributed by atoms with Crippen molar-refractivity contribution in [2.45, 2.75) is 37.8 Å². The summed E-state index contributed by atoms with van der Waals surface area (Å²) in [6.07, 6.45) is 0.934. The Balaban J connectivity index is 2.36. The number of nitrogens with one attached hydrogen (secondary N) is 1. The summed E-state index contributed by atoms with van der Waals surface area (Å²) in [5.74, 6) is 0. The lowest BCUT2D eigenvalue weighted by molar-refractivity contribution is 0.0655. The fraction of sp³-hybridized carbons (Fsp3) is 0.857. The van der Waals surface area contributed by atoms with Crippen LogP contribution in [0.15, 0.2) is 0 Å². The van der Waals surface area contributed by atoms with Crippen molar-refractivity contribution in [2.75, 3.05) is 0 Å². The zero-order valence-corrected chi connectivity index (χ0v) is 6.50. The highest BCUT2D eigenvalue weighted by Gasteiger charge is 2.33. The Morgan fingerprint density at radius 1 is 1.73 bits per heavy atom. The minimum Gasteiger partial charge on any atom is -0.465 e. The minimum atomic E-state index is -1.01. The van der Waals surface area contributed by atoms with E-state index in [0.717, 1.165) is 6.42 Å². The van der Waals surface area contributed by atoms with Crippen LogP contribution in [0.1, 0.15) is 26.2 Å². The molecule has 0 aromatic heterocycles. The molecule has 1 amide bonds. The van der Waals surface area contributed by atoms with E-state index >= 15 is 0 Å². The van der Waals surface area contributed by atoms with Gasteiger partial charge in [-0.15, -0.1) is 0 Å². The second kappa shape index (κ2) is 2.70. The molecule has 1 rings (SSSR count). The molecule has 0 aromatic carbocycles. The third-order valence-electron chi connectivity index (χ3n) is 2.05. The summed E-state index contributed by atoms with van der Waals surface area (Å²) < 4.78 is 0. The van der Waals surface area contributed by atoms with Crippen molar-refractivity contribution < 1.29 is 15.0 Å². The number of hydrogen-bond acceptors (Lipinski definition) is 2. The highest BCUT2D eigenvalue weighted by atomic mass is 16.4. The molecular weight excluding hydrogens is 146 g/mol. The number of amides is 1. The first kappa shape index (κ1) is 8.33. The van der Waals surface area contributed by atoms with Crippen LogP contribution in [0.2, 0.25) is 0 Å². The standard InChI is InChI=1S/C7H13NO3/c1-7(11)3-2-5(4-7)8-6(9)10/h5,8,11H,2-4H2,1H3,(H,9,10)/t5-,7+/m1/s1. The van der Waals surface area contributed by atoms with Crippen molar-refractivity contribution >= 4 is 6.09 Å². The van der Waals surface area contributed by atoms with Crippen LogP contribution in [0, 0.1) is 0 Å². The van der Waals surface area contributed by atoms with Crippen LogP contribution in [-0.4, -0.2) is 27.9 Å². The Morgan fingerprint density at radius 3 is 2.73 bits per heavy atom. The molecule has 0 spiro atoms. The molecule has 2 atom stereocenters. The lowest BCUT2D eigenvalue weighted by Gasteiger charge is -2.15. The van der Waals surface area contributed by atoms with Crippen molar-refractivity contribution in [3.63, 3.8) is 0 Å². The van der Waals surface area contributed by atoms with E-state index in [4.69, 9.17) is 5.11 Å². The number of hydrogen-bond donors (Lipinski definition) is 3. The fourth-order valence-electron chi connectivity index (χ4n) is 1.52. The quantitative estimate of drug-likeness (QED) is 0.523. The van der Waals surface area contributed by atoms with Gasteiger partial charge in [0.15, 0.2) is 0 Å². The lowest BCUT2D eigenvalue weighted by Crippen LogP contribution is -2.33. The molecular formula is C7H13NO3. The molecule has 1 aliphatic carbocycles. The largest absolute Gasteiger partial charge is 0.465 e. The monoisotopic (exact) mass is 159 g/mol. The molecule has 0 saturated heterocycles. The molecule has 4 nitrogen and oxygen atoms in total. The smallest absolute Gasteiger partial charge is 0.404 e. The first-order chi connectivity index (χ1) is 4.99. The SMILES string of the molecule is C[C@]1(O)CC[C@@H](NC(=O)O)C1. The summed E-state index contributed by atoms with van der Waals surface area (Å²) in [6.45, 7) is 1.73. The highest BCUT2D eigenvalue weighted by molar-refractivity contribution is 5.64. The van der Waals surface area contributed by atoms with Crippen molar-refractivity contribution in [1.82, 2.24) is 5.32 Å². The van der Waals surface area contributed by atoms with Crippen LogP contribution in [0.3, 0.4) is 0 Å². The van der Waals surface area contributed by atoms with E-state index in [2.05, 4.69) is 5.32 Å². The van der Waals surface area contributed by atoms with Crippen molar-refractivity contribution in [2.24, 2.45) is 0 Å². The minimum absolute atomic E-state index is 0.0671. The molecule has 0 aromatic rings. The molecule has 1 saturated carbocycles. The van der Waals surface area contributed by atoms with Gasteiger partial charge in [-0.3, -0.25) is 0 Å². The van der Waals surface area contributed by atoms with Gasteiger partial charge in [0.2, 0.25) is 0 Å². The maximum atomic E-state index is 10.2. The van der Waals surface area contributed by atoms with E-state index in [1.165, 1.54) is 0 Å². The number of rotatable bonds is 1. The maximum Gasteiger partial charge on any atom is 0.404 e. The van der Waals surface area contributed by atoms with Gasteiger partial charge < -0.3 is 15.5 Å². The average molecular weight is 159 g/mol. The van der Waals surface area contributed by atoms with Crippen molar-refractivity contribution in [3.8, 4) is 0 Å². The Morgan fingerprint density at radius 2 is 2.36 bits per heavy atom. The Kier molecular flexibility index (Phi) is 2.04. The molecule has 1 aliphatic rings. The summed E-state index contributed by atoms with van der Waals surface area (Å²) in [5.41, 5.74) is -0.673. The van der Waals surface area contributed by atoms with E-state index in [1.807, 2.05) is 0 Å². The molecule has 11 heavy (non-hydrogen) atoms. The topological polar surface area (TPSA) is 69.6 Å². The van der Waals surface area contributed by atoms with Gasteiger partial charge in [0, 0.05) is 6.04 Å². The van der Waals surface area contributed by atoms with Gasteiger partial charge in [-0.05, 0) is 26.2 Å². The second-order valence-electron chi connectivity index (χ2n) is 3.39. The van der Waals surface area contributed by atoms with Gasteiger partial charge in [0.1, 0.15) is 0 Å². The lowest BCUT2D eigenvalue weighted by atomic mass is 10.1. The maximum absolute atomic E-state index is 10.2. The first-order valence-corrected chi connectivity index (χ1v) is 3.71. The van der Waals surface area contributed by atoms with Crippen LogP contribution in [0.25, 0.3) is 0 Å². The van der Waals surface area contributed by atoms with E-state index < -0.39 is 11.7 Å². The van der Waals surface area contributed by atoms with Gasteiger partial charge in [-0.2, -0.15) is 0 Å². The van der Waals surface area contributed by atoms with E-state index in [-0.39, 0.29) is 6.04 Å². The second-order valence-corrected chi connectivity index (χ2v) is 3.39. The zero-order valence-electron chi connectivity index (χ0n) is 6.50. The van der Waals surface area contributed by atoms with Crippen LogP contribution in [0.5, 0.6) is 0 Å². The van der Waals surface area contributed by atoms with Crippen molar-refractivity contribution in [3.05, 3.63) is 0 Å². The van der Waals surface area contributed by atoms with Gasteiger partial charge in [-0.1, -0.05) is 0 Å². The van der Waals surface area contributed by atoms with E-state index in [9.17, 15) is 9.90 Å². The molecule has 0 bridgehead atoms. The molecule has 4 heteroatoms. The Hall–Kier alpha value is -0.770. The predicted octanol–water partition coefficient (Wildman–Crippen LogP) is 0.557. The number of carboxylic acid groups (broad SMARTS) is 1. The van der Waals surface area contributed by atoms with Gasteiger partial charge in [-0.25, -0.2) is 4.79 Å². The number of carbonyl (C=O) groups is 1. The highest BCUT2D eigenvalue weighted by Crippen LogP contribution is 2.28. The summed E-state index contributed by atoms with van der Waals surface area (Å²) >= 11 is 0. The van der Waals surface area contributed by atoms with Gasteiger partial charge in [0.05, 0.1) is 5.60 Å². The summed E-state index contributed by atoms with van der Waals surface area (Å²) in [6, 6.07) is -0.0671. The van der Waals surface area contributed by atoms with Crippen LogP contribution >= 0.6 is 0 Å². The zero-order chi connectivity index (χ0) is 8.48. The first-order valence-electron chi connectivity index (χ1n) is 3.71. The summed E-state index contributed by atoms with van der Waals surface area (Å²) in [4.78, 5) is 10.2. The van der Waals surface area contributed by atoms with Gasteiger partial charge in [0.25, 0.3) is 0 Å². The molecule has 3 N–H and O–H groups in total. The normalized spacial score (nSPS) is 37.1. The molecule has 0 unspecified atom stereocenters.